The molecule has 2 aromatic carbocycles. The molecule has 1 N–H and O–H groups in total. The van der Waals surface area contributed by atoms with E-state index in [0.717, 1.165) is 11.1 Å². The first-order chi connectivity index (χ1) is 11.9. The maximum atomic E-state index is 10.2. The third-order valence-corrected chi connectivity index (χ3v) is 5.24. The van der Waals surface area contributed by atoms with Crippen LogP contribution in [-0.2, 0) is 0 Å². The summed E-state index contributed by atoms with van der Waals surface area (Å²) in [6.45, 7) is 6.76. The van der Waals surface area contributed by atoms with Gasteiger partial charge in [0, 0.05) is 24.0 Å². The van der Waals surface area contributed by atoms with Crippen LogP contribution in [0.25, 0.3) is 0 Å². The molecule has 0 fully saturated rings. The Morgan fingerprint density at radius 3 is 2.48 bits per heavy atom. The maximum Gasteiger partial charge on any atom is 0.198 e. The molecule has 1 aliphatic heterocycles. The van der Waals surface area contributed by atoms with E-state index in [4.69, 9.17) is 14.2 Å². The fourth-order valence-electron chi connectivity index (χ4n) is 3.02. The molecule has 0 radical (unpaired) electrons. The highest BCUT2D eigenvalue weighted by atomic mass is 28.3. The topological polar surface area (TPSA) is 47.9 Å². The lowest BCUT2D eigenvalue weighted by Gasteiger charge is -2.31. The highest BCUT2D eigenvalue weighted by molar-refractivity contribution is 6.76. The molecule has 0 saturated carbocycles. The number of aliphatic hydroxyl groups is 1. The van der Waals surface area contributed by atoms with Crippen molar-refractivity contribution in [3.05, 3.63) is 53.6 Å². The molecule has 1 aliphatic rings. The first kappa shape index (κ1) is 17.8. The van der Waals surface area contributed by atoms with Crippen LogP contribution in [0.4, 0.5) is 0 Å². The Morgan fingerprint density at radius 2 is 1.84 bits per heavy atom. The van der Waals surface area contributed by atoms with Crippen LogP contribution in [-0.4, -0.2) is 32.8 Å². The summed E-state index contributed by atoms with van der Waals surface area (Å²) in [6, 6.07) is 14.0. The molecule has 0 aliphatic carbocycles. The van der Waals surface area contributed by atoms with Gasteiger partial charge in [0.05, 0.1) is 21.4 Å². The van der Waals surface area contributed by atoms with Gasteiger partial charge in [0.25, 0.3) is 0 Å². The summed E-state index contributed by atoms with van der Waals surface area (Å²) in [5.41, 5.74) is 2.18. The normalized spacial score (nSPS) is 19.7. The van der Waals surface area contributed by atoms with Gasteiger partial charge in [-0.25, -0.2) is 0 Å². The lowest BCUT2D eigenvalue weighted by atomic mass is 9.86. The second-order valence-corrected chi connectivity index (χ2v) is 13.1. The van der Waals surface area contributed by atoms with Gasteiger partial charge in [-0.2, -0.15) is 0 Å². The van der Waals surface area contributed by atoms with Crippen molar-refractivity contribution in [2.24, 2.45) is 0 Å². The van der Waals surface area contributed by atoms with Crippen molar-refractivity contribution >= 4 is 8.07 Å². The van der Waals surface area contributed by atoms with Gasteiger partial charge >= 0.3 is 0 Å². The quantitative estimate of drug-likeness (QED) is 0.815. The van der Waals surface area contributed by atoms with Crippen molar-refractivity contribution in [1.82, 2.24) is 0 Å². The molecule has 2 aromatic rings. The van der Waals surface area contributed by atoms with Gasteiger partial charge in [-0.3, -0.25) is 0 Å². The van der Waals surface area contributed by atoms with Gasteiger partial charge in [0.1, 0.15) is 5.75 Å². The Morgan fingerprint density at radius 1 is 1.12 bits per heavy atom. The SMILES string of the molecule is COc1cc2c(cc1OC[Si](C)(C)C)OC(O)C[C@@H]2c1ccccc1. The molecule has 1 heterocycles. The predicted octanol–water partition coefficient (Wildman–Crippen LogP) is 4.18. The van der Waals surface area contributed by atoms with Crippen LogP contribution < -0.4 is 14.2 Å². The molecule has 1 unspecified atom stereocenters. The van der Waals surface area contributed by atoms with Crippen molar-refractivity contribution in [1.29, 1.82) is 0 Å². The average molecular weight is 359 g/mol. The summed E-state index contributed by atoms with van der Waals surface area (Å²) >= 11 is 0. The molecule has 0 amide bonds. The van der Waals surface area contributed by atoms with Gasteiger partial charge in [-0.05, 0) is 11.6 Å². The van der Waals surface area contributed by atoms with E-state index in [1.807, 2.05) is 30.3 Å². The highest BCUT2D eigenvalue weighted by Gasteiger charge is 2.30. The monoisotopic (exact) mass is 358 g/mol. The Labute approximate surface area is 150 Å². The van der Waals surface area contributed by atoms with Gasteiger partial charge < -0.3 is 19.3 Å². The first-order valence-corrected chi connectivity index (χ1v) is 12.3. The number of hydrogen-bond acceptors (Lipinski definition) is 4. The van der Waals surface area contributed by atoms with Crippen molar-refractivity contribution < 1.29 is 19.3 Å². The van der Waals surface area contributed by atoms with Crippen LogP contribution in [0.15, 0.2) is 42.5 Å². The minimum absolute atomic E-state index is 0.0693. The van der Waals surface area contributed by atoms with E-state index < -0.39 is 14.4 Å². The number of methoxy groups -OCH3 is 1. The summed E-state index contributed by atoms with van der Waals surface area (Å²) in [5, 5.41) is 10.2. The van der Waals surface area contributed by atoms with Gasteiger partial charge in [-0.1, -0.05) is 50.0 Å². The zero-order valence-electron chi connectivity index (χ0n) is 15.3. The number of fused-ring (bicyclic) bond motifs is 1. The number of rotatable bonds is 5. The third-order valence-electron chi connectivity index (χ3n) is 4.23. The summed E-state index contributed by atoms with van der Waals surface area (Å²) < 4.78 is 17.3. The van der Waals surface area contributed by atoms with Crippen molar-refractivity contribution in [3.63, 3.8) is 0 Å². The highest BCUT2D eigenvalue weighted by Crippen LogP contribution is 2.45. The van der Waals surface area contributed by atoms with Crippen LogP contribution in [0.1, 0.15) is 23.5 Å². The summed E-state index contributed by atoms with van der Waals surface area (Å²) in [5.74, 6) is 2.11. The summed E-state index contributed by atoms with van der Waals surface area (Å²) in [4.78, 5) is 0. The Bertz CT molecular complexity index is 724. The van der Waals surface area contributed by atoms with E-state index in [9.17, 15) is 5.11 Å². The van der Waals surface area contributed by atoms with Crippen LogP contribution >= 0.6 is 0 Å². The average Bonchev–Trinajstić information content (AvgIpc) is 2.58. The number of aliphatic hydroxyl groups excluding tert-OH is 1. The number of ether oxygens (including phenoxy) is 3. The zero-order chi connectivity index (χ0) is 18.0. The predicted molar refractivity (Wildman–Crippen MR) is 101 cm³/mol. The molecule has 0 saturated heterocycles. The molecular formula is C20H26O4Si. The largest absolute Gasteiger partial charge is 0.493 e. The molecule has 5 heteroatoms. The molecule has 25 heavy (non-hydrogen) atoms. The second kappa shape index (κ2) is 7.10. The van der Waals surface area contributed by atoms with Crippen LogP contribution in [0.5, 0.6) is 17.2 Å². The number of hydrogen-bond donors (Lipinski definition) is 1. The van der Waals surface area contributed by atoms with E-state index in [0.29, 0.717) is 29.9 Å². The van der Waals surface area contributed by atoms with Crippen LogP contribution in [0.3, 0.4) is 0 Å². The second-order valence-electron chi connectivity index (χ2n) is 7.66. The van der Waals surface area contributed by atoms with Crippen molar-refractivity contribution in [2.75, 3.05) is 13.3 Å². The first-order valence-electron chi connectivity index (χ1n) is 8.62. The third kappa shape index (κ3) is 4.17. The van der Waals surface area contributed by atoms with Crippen LogP contribution in [0.2, 0.25) is 19.6 Å². The molecular weight excluding hydrogens is 332 g/mol. The van der Waals surface area contributed by atoms with Gasteiger partial charge in [0.15, 0.2) is 17.8 Å². The van der Waals surface area contributed by atoms with E-state index >= 15 is 0 Å². The molecule has 134 valence electrons. The smallest absolute Gasteiger partial charge is 0.198 e. The van der Waals surface area contributed by atoms with Crippen molar-refractivity contribution in [3.8, 4) is 17.2 Å². The molecule has 2 atom stereocenters. The zero-order valence-corrected chi connectivity index (χ0v) is 16.3. The molecule has 4 nitrogen and oxygen atoms in total. The Balaban J connectivity index is 1.99. The van der Waals surface area contributed by atoms with E-state index in [2.05, 4.69) is 31.8 Å². The van der Waals surface area contributed by atoms with E-state index in [-0.39, 0.29) is 5.92 Å². The Kier molecular flexibility index (Phi) is 5.06. The molecule has 3 rings (SSSR count). The Hall–Kier alpha value is -1.98. The molecule has 0 bridgehead atoms. The molecule has 0 spiro atoms. The van der Waals surface area contributed by atoms with E-state index in [1.165, 1.54) is 0 Å². The maximum absolute atomic E-state index is 10.2. The summed E-state index contributed by atoms with van der Waals surface area (Å²) in [6.07, 6.45) is 0.401. The minimum atomic E-state index is -1.36. The minimum Gasteiger partial charge on any atom is -0.493 e. The van der Waals surface area contributed by atoms with E-state index in [1.54, 1.807) is 7.11 Å². The lowest BCUT2D eigenvalue weighted by molar-refractivity contribution is -0.0361. The molecule has 0 aromatic heterocycles. The van der Waals surface area contributed by atoms with Crippen molar-refractivity contribution in [2.45, 2.75) is 38.3 Å². The van der Waals surface area contributed by atoms with Gasteiger partial charge in [-0.15, -0.1) is 0 Å². The standard InChI is InChI=1S/C20H26O4Si/c1-22-18-10-16-15(14-8-6-5-7-9-14)11-20(21)24-17(16)12-19(18)23-13-25(2,3)4/h5-10,12,15,20-21H,11,13H2,1-4H3/t15-,20?/m1/s1. The summed E-state index contributed by atoms with van der Waals surface area (Å²) in [7, 11) is 0.293. The van der Waals surface area contributed by atoms with Crippen LogP contribution in [0, 0.1) is 0 Å². The van der Waals surface area contributed by atoms with Gasteiger partial charge in [0.2, 0.25) is 0 Å². The fraction of sp³-hybridized carbons (Fsp3) is 0.400. The number of benzene rings is 2. The lowest BCUT2D eigenvalue weighted by Crippen LogP contribution is -2.30. The fourth-order valence-corrected chi connectivity index (χ4v) is 3.61.